The van der Waals surface area contributed by atoms with Gasteiger partial charge in [-0.15, -0.1) is 0 Å². The van der Waals surface area contributed by atoms with Crippen LogP contribution in [0.4, 0.5) is 0 Å². The number of methoxy groups -OCH3 is 1. The molecule has 45 heavy (non-hydrogen) atoms. The number of aliphatic hydroxyl groups excluding tert-OH is 1. The van der Waals surface area contributed by atoms with Crippen molar-refractivity contribution >= 4 is 17.7 Å². The summed E-state index contributed by atoms with van der Waals surface area (Å²) in [5.41, 5.74) is -2.39. The van der Waals surface area contributed by atoms with Gasteiger partial charge in [0.15, 0.2) is 12.1 Å². The molecule has 0 spiro atoms. The van der Waals surface area contributed by atoms with Crippen LogP contribution in [0, 0.1) is 23.2 Å². The molecule has 0 bridgehead atoms. The van der Waals surface area contributed by atoms with Gasteiger partial charge >= 0.3 is 5.97 Å². The quantitative estimate of drug-likeness (QED) is 0.343. The average Bonchev–Trinajstić information content (AvgIpc) is 2.99. The van der Waals surface area contributed by atoms with E-state index in [1.165, 1.54) is 0 Å². The minimum Gasteiger partial charge on any atom is -0.463 e. The minimum atomic E-state index is -1.44. The molecule has 260 valence electrons. The number of esters is 1. The Labute approximate surface area is 271 Å². The van der Waals surface area contributed by atoms with Crippen molar-refractivity contribution in [2.75, 3.05) is 54.5 Å². The van der Waals surface area contributed by atoms with Crippen LogP contribution < -0.4 is 0 Å². The van der Waals surface area contributed by atoms with Crippen molar-refractivity contribution in [1.29, 1.82) is 0 Å². The van der Waals surface area contributed by atoms with E-state index in [2.05, 4.69) is 18.9 Å². The van der Waals surface area contributed by atoms with Gasteiger partial charge in [-0.3, -0.25) is 19.3 Å². The SMILES string of the molecule is CCC(=O)N1CCC(C2COC(=O)C(C)(C)C(=O)[C@H](C)[C@@H](O[C@@H]3O[C@H](C)C[C@H](N(C)C)[C@H]3O)[C@](C)(OC)C[C@@H](C)CN2C)CC1. The van der Waals surface area contributed by atoms with E-state index in [-0.39, 0.29) is 48.3 Å². The van der Waals surface area contributed by atoms with E-state index >= 15 is 0 Å². The third-order valence-electron chi connectivity index (χ3n) is 10.7. The van der Waals surface area contributed by atoms with Crippen LogP contribution in [0.25, 0.3) is 0 Å². The fourth-order valence-electron chi connectivity index (χ4n) is 7.82. The molecule has 0 aromatic rings. The number of aliphatic hydroxyl groups is 1. The zero-order valence-electron chi connectivity index (χ0n) is 29.7. The molecule has 11 heteroatoms. The molecule has 1 N–H and O–H groups in total. The largest absolute Gasteiger partial charge is 0.463 e. The third kappa shape index (κ3) is 8.65. The number of piperidine rings is 1. The van der Waals surface area contributed by atoms with E-state index in [1.807, 2.05) is 44.7 Å². The Balaban J connectivity index is 1.95. The van der Waals surface area contributed by atoms with Gasteiger partial charge in [0.05, 0.1) is 17.8 Å². The molecular formula is C34H61N3O8. The average molecular weight is 640 g/mol. The lowest BCUT2D eigenvalue weighted by molar-refractivity contribution is -0.295. The number of amides is 1. The lowest BCUT2D eigenvalue weighted by Crippen LogP contribution is -2.59. The molecule has 1 unspecified atom stereocenters. The molecule has 0 aromatic heterocycles. The second kappa shape index (κ2) is 15.5. The molecule has 3 heterocycles. The Morgan fingerprint density at radius 3 is 2.29 bits per heavy atom. The predicted octanol–water partition coefficient (Wildman–Crippen LogP) is 2.97. The zero-order chi connectivity index (χ0) is 33.9. The van der Waals surface area contributed by atoms with Crippen LogP contribution in [0.2, 0.25) is 0 Å². The highest BCUT2D eigenvalue weighted by Gasteiger charge is 2.51. The van der Waals surface area contributed by atoms with Gasteiger partial charge < -0.3 is 33.9 Å². The van der Waals surface area contributed by atoms with Crippen molar-refractivity contribution < 1.29 is 38.4 Å². The summed E-state index contributed by atoms with van der Waals surface area (Å²) in [7, 11) is 7.52. The van der Waals surface area contributed by atoms with Gasteiger partial charge in [-0.1, -0.05) is 20.8 Å². The standard InChI is InChI=1S/C34H61N3O8/c1-12-27(38)37-15-13-24(14-16-37)26-20-43-32(41)33(5,6)29(40)23(4)30(34(7,42-11)18-21(2)19-36(26)10)45-31-28(39)25(35(8)9)17-22(3)44-31/h21-26,28,30-31,39H,12-20H2,1-11H3/t21-,22-,23+,25+,26?,28-,30-,31+,34-/m1/s1. The summed E-state index contributed by atoms with van der Waals surface area (Å²) in [6.07, 6.45) is 0.460. The van der Waals surface area contributed by atoms with Gasteiger partial charge in [0, 0.05) is 51.2 Å². The summed E-state index contributed by atoms with van der Waals surface area (Å²) >= 11 is 0. The van der Waals surface area contributed by atoms with E-state index in [0.29, 0.717) is 38.9 Å². The van der Waals surface area contributed by atoms with E-state index in [4.69, 9.17) is 18.9 Å². The van der Waals surface area contributed by atoms with Crippen molar-refractivity contribution in [3.8, 4) is 0 Å². The van der Waals surface area contributed by atoms with Crippen LogP contribution in [-0.4, -0.2) is 134 Å². The number of hydrogen-bond acceptors (Lipinski definition) is 10. The van der Waals surface area contributed by atoms with Crippen LogP contribution in [0.3, 0.4) is 0 Å². The van der Waals surface area contributed by atoms with Crippen LogP contribution >= 0.6 is 0 Å². The Bertz CT molecular complexity index is 1020. The number of cyclic esters (lactones) is 1. The molecule has 1 amide bonds. The maximum atomic E-state index is 14.2. The van der Waals surface area contributed by atoms with Gasteiger partial charge in [0.2, 0.25) is 5.91 Å². The molecule has 3 saturated heterocycles. The summed E-state index contributed by atoms with van der Waals surface area (Å²) in [5.74, 6) is -1.14. The van der Waals surface area contributed by atoms with Crippen molar-refractivity contribution in [2.24, 2.45) is 23.2 Å². The summed E-state index contributed by atoms with van der Waals surface area (Å²) in [6, 6.07) is -0.244. The van der Waals surface area contributed by atoms with Crippen molar-refractivity contribution in [1.82, 2.24) is 14.7 Å². The number of likely N-dealkylation sites (N-methyl/N-ethyl adjacent to an activating group) is 2. The van der Waals surface area contributed by atoms with E-state index in [9.17, 15) is 19.5 Å². The van der Waals surface area contributed by atoms with Gasteiger partial charge in [-0.05, 0) is 86.4 Å². The highest BCUT2D eigenvalue weighted by atomic mass is 16.7. The molecule has 11 nitrogen and oxygen atoms in total. The third-order valence-corrected chi connectivity index (χ3v) is 10.7. The lowest BCUT2D eigenvalue weighted by Gasteiger charge is -2.47. The first-order valence-electron chi connectivity index (χ1n) is 16.9. The van der Waals surface area contributed by atoms with Crippen molar-refractivity contribution in [2.45, 2.75) is 123 Å². The second-order valence-corrected chi connectivity index (χ2v) is 14.9. The lowest BCUT2D eigenvalue weighted by atomic mass is 9.74. The van der Waals surface area contributed by atoms with E-state index in [1.54, 1.807) is 27.9 Å². The van der Waals surface area contributed by atoms with Crippen molar-refractivity contribution in [3.05, 3.63) is 0 Å². The Morgan fingerprint density at radius 1 is 1.11 bits per heavy atom. The molecule has 0 radical (unpaired) electrons. The molecule has 3 aliphatic heterocycles. The van der Waals surface area contributed by atoms with Crippen LogP contribution in [-0.2, 0) is 33.3 Å². The number of rotatable bonds is 6. The zero-order valence-corrected chi connectivity index (χ0v) is 29.7. The first kappa shape index (κ1) is 37.8. The first-order valence-corrected chi connectivity index (χ1v) is 16.9. The minimum absolute atomic E-state index is 0.0598. The Morgan fingerprint density at radius 2 is 1.73 bits per heavy atom. The summed E-state index contributed by atoms with van der Waals surface area (Å²) in [4.78, 5) is 46.3. The van der Waals surface area contributed by atoms with Gasteiger partial charge in [0.25, 0.3) is 0 Å². The van der Waals surface area contributed by atoms with Gasteiger partial charge in [0.1, 0.15) is 18.1 Å². The number of Topliss-reactive ketones (excluding diaryl/α,β-unsaturated/α-hetero) is 1. The number of likely N-dealkylation sites (tertiary alicyclic amines) is 1. The monoisotopic (exact) mass is 639 g/mol. The number of nitrogens with zero attached hydrogens (tertiary/aromatic N) is 3. The van der Waals surface area contributed by atoms with Gasteiger partial charge in [-0.2, -0.15) is 0 Å². The van der Waals surface area contributed by atoms with Crippen LogP contribution in [0.1, 0.15) is 80.6 Å². The highest BCUT2D eigenvalue weighted by Crippen LogP contribution is 2.38. The maximum Gasteiger partial charge on any atom is 0.319 e. The number of hydrogen-bond donors (Lipinski definition) is 1. The van der Waals surface area contributed by atoms with Crippen molar-refractivity contribution in [3.63, 3.8) is 0 Å². The number of ether oxygens (including phenoxy) is 4. The Hall–Kier alpha value is -1.63. The second-order valence-electron chi connectivity index (χ2n) is 14.9. The Kier molecular flexibility index (Phi) is 13.0. The number of ketones is 1. The molecule has 3 rings (SSSR count). The van der Waals surface area contributed by atoms with Crippen LogP contribution in [0.15, 0.2) is 0 Å². The molecular weight excluding hydrogens is 578 g/mol. The van der Waals surface area contributed by atoms with E-state index < -0.39 is 41.4 Å². The molecule has 0 saturated carbocycles. The summed E-state index contributed by atoms with van der Waals surface area (Å²) < 4.78 is 25.0. The summed E-state index contributed by atoms with van der Waals surface area (Å²) in [6.45, 7) is 15.2. The molecule has 9 atom stereocenters. The molecule has 0 aliphatic carbocycles. The first-order chi connectivity index (χ1) is 21.0. The number of carbonyl (C=O) groups is 3. The fraction of sp³-hybridized carbons (Fsp3) is 0.912. The van der Waals surface area contributed by atoms with E-state index in [0.717, 1.165) is 12.8 Å². The van der Waals surface area contributed by atoms with Gasteiger partial charge in [-0.25, -0.2) is 0 Å². The highest BCUT2D eigenvalue weighted by molar-refractivity contribution is 6.04. The molecule has 3 fully saturated rings. The summed E-state index contributed by atoms with van der Waals surface area (Å²) in [5, 5.41) is 11.3. The number of carbonyl (C=O) groups excluding carboxylic acids is 3. The smallest absolute Gasteiger partial charge is 0.319 e. The maximum absolute atomic E-state index is 14.2. The normalized spacial score (nSPS) is 38.3. The molecule has 3 aliphatic rings. The fourth-order valence-corrected chi connectivity index (χ4v) is 7.82. The predicted molar refractivity (Wildman–Crippen MR) is 171 cm³/mol. The molecule has 0 aromatic carbocycles. The topological polar surface area (TPSA) is 118 Å². The van der Waals surface area contributed by atoms with Crippen LogP contribution in [0.5, 0.6) is 0 Å².